The maximum atomic E-state index is 12.3. The molecule has 0 atom stereocenters. The maximum absolute atomic E-state index is 12.3. The van der Waals surface area contributed by atoms with Crippen LogP contribution in [0.2, 0.25) is 0 Å². The van der Waals surface area contributed by atoms with Crippen LogP contribution < -0.4 is 4.90 Å². The van der Waals surface area contributed by atoms with E-state index in [1.54, 1.807) is 0 Å². The van der Waals surface area contributed by atoms with Crippen molar-refractivity contribution in [1.82, 2.24) is 0 Å². The second kappa shape index (κ2) is 7.07. The Balaban J connectivity index is 2.02. The van der Waals surface area contributed by atoms with Gasteiger partial charge in [-0.05, 0) is 38.5 Å². The fourth-order valence-corrected chi connectivity index (χ4v) is 2.48. The average molecular weight is 281 g/mol. The van der Waals surface area contributed by atoms with Crippen LogP contribution in [0.5, 0.6) is 0 Å². The normalized spacial score (nSPS) is 10.4. The number of hydrogen-bond acceptors (Lipinski definition) is 2. The second-order valence-corrected chi connectivity index (χ2v) is 5.40. The minimum Gasteiger partial charge on any atom is -0.371 e. The highest BCUT2D eigenvalue weighted by Gasteiger charge is 2.11. The van der Waals surface area contributed by atoms with Crippen molar-refractivity contribution in [2.75, 3.05) is 18.0 Å². The lowest BCUT2D eigenvalue weighted by Crippen LogP contribution is -2.25. The Labute approximate surface area is 127 Å². The van der Waals surface area contributed by atoms with Gasteiger partial charge in [0, 0.05) is 30.8 Å². The molecule has 0 aliphatic rings. The van der Waals surface area contributed by atoms with Crippen molar-refractivity contribution in [2.45, 2.75) is 27.2 Å². The van der Waals surface area contributed by atoms with E-state index in [0.717, 1.165) is 24.2 Å². The summed E-state index contributed by atoms with van der Waals surface area (Å²) in [4.78, 5) is 14.6. The van der Waals surface area contributed by atoms with Crippen molar-refractivity contribution < 1.29 is 4.79 Å². The molecule has 0 bridgehead atoms. The number of aryl methyl sites for hydroxylation is 2. The lowest BCUT2D eigenvalue weighted by atomic mass is 10.0. The van der Waals surface area contributed by atoms with Crippen molar-refractivity contribution >= 4 is 11.5 Å². The van der Waals surface area contributed by atoms with Gasteiger partial charge in [-0.25, -0.2) is 0 Å². The van der Waals surface area contributed by atoms with Crippen LogP contribution in [0.4, 0.5) is 5.69 Å². The summed E-state index contributed by atoms with van der Waals surface area (Å²) in [5.41, 5.74) is 4.34. The number of carbonyl (C=O) groups excluding carboxylic acids is 1. The molecule has 0 aliphatic carbocycles. The minimum absolute atomic E-state index is 0.221. The zero-order valence-corrected chi connectivity index (χ0v) is 13.1. The van der Waals surface area contributed by atoms with Gasteiger partial charge in [0.05, 0.1) is 0 Å². The summed E-state index contributed by atoms with van der Waals surface area (Å²) in [5, 5.41) is 0. The Bertz CT molecular complexity index is 601. The van der Waals surface area contributed by atoms with Gasteiger partial charge in [-0.15, -0.1) is 0 Å². The molecule has 0 unspecified atom stereocenters. The topological polar surface area (TPSA) is 20.3 Å². The Kier molecular flexibility index (Phi) is 5.15. The summed E-state index contributed by atoms with van der Waals surface area (Å²) in [6.07, 6.45) is 0.548. The molecule has 21 heavy (non-hydrogen) atoms. The highest BCUT2D eigenvalue weighted by molar-refractivity contribution is 5.97. The third-order valence-electron chi connectivity index (χ3n) is 3.84. The summed E-state index contributed by atoms with van der Waals surface area (Å²) in [6.45, 7) is 7.86. The largest absolute Gasteiger partial charge is 0.371 e. The van der Waals surface area contributed by atoms with Gasteiger partial charge in [0.2, 0.25) is 0 Å². The number of hydrogen-bond donors (Lipinski definition) is 0. The van der Waals surface area contributed by atoms with Crippen molar-refractivity contribution in [3.05, 3.63) is 65.2 Å². The van der Waals surface area contributed by atoms with Crippen LogP contribution in [0.3, 0.4) is 0 Å². The molecule has 0 amide bonds. The lowest BCUT2D eigenvalue weighted by Gasteiger charge is -2.23. The van der Waals surface area contributed by atoms with Crippen LogP contribution in [0.25, 0.3) is 0 Å². The van der Waals surface area contributed by atoms with Crippen LogP contribution >= 0.6 is 0 Å². The molecule has 2 rings (SSSR count). The molecule has 0 N–H and O–H groups in total. The maximum Gasteiger partial charge on any atom is 0.164 e. The van der Waals surface area contributed by atoms with Crippen molar-refractivity contribution in [3.8, 4) is 0 Å². The molecule has 0 saturated heterocycles. The van der Waals surface area contributed by atoms with Crippen LogP contribution in [0.15, 0.2) is 48.5 Å². The molecule has 0 fully saturated rings. The lowest BCUT2D eigenvalue weighted by molar-refractivity contribution is 0.0984. The van der Waals surface area contributed by atoms with Gasteiger partial charge < -0.3 is 4.90 Å². The van der Waals surface area contributed by atoms with Crippen molar-refractivity contribution in [1.29, 1.82) is 0 Å². The summed E-state index contributed by atoms with van der Waals surface area (Å²) >= 11 is 0. The fourth-order valence-electron chi connectivity index (χ4n) is 2.48. The highest BCUT2D eigenvalue weighted by atomic mass is 16.1. The van der Waals surface area contributed by atoms with E-state index in [1.807, 2.05) is 31.2 Å². The number of nitrogens with zero attached hydrogens (tertiary/aromatic N) is 1. The van der Waals surface area contributed by atoms with Gasteiger partial charge in [-0.3, -0.25) is 4.79 Å². The first-order valence-corrected chi connectivity index (χ1v) is 7.52. The van der Waals surface area contributed by atoms with Gasteiger partial charge in [-0.1, -0.05) is 42.0 Å². The Morgan fingerprint density at radius 3 is 2.29 bits per heavy atom. The monoisotopic (exact) mass is 281 g/mol. The number of benzene rings is 2. The molecule has 2 heteroatoms. The molecule has 110 valence electrons. The molecule has 0 heterocycles. The van der Waals surface area contributed by atoms with Gasteiger partial charge in [0.15, 0.2) is 5.78 Å². The zero-order chi connectivity index (χ0) is 15.2. The first kappa shape index (κ1) is 15.3. The van der Waals surface area contributed by atoms with Gasteiger partial charge in [-0.2, -0.15) is 0 Å². The molecule has 2 aromatic rings. The molecule has 0 saturated carbocycles. The Morgan fingerprint density at radius 2 is 1.67 bits per heavy atom. The van der Waals surface area contributed by atoms with Crippen LogP contribution in [-0.2, 0) is 0 Å². The van der Waals surface area contributed by atoms with E-state index in [2.05, 4.69) is 43.0 Å². The number of anilines is 1. The summed E-state index contributed by atoms with van der Waals surface area (Å²) in [5.74, 6) is 0.221. The highest BCUT2D eigenvalue weighted by Crippen LogP contribution is 2.16. The van der Waals surface area contributed by atoms with E-state index >= 15 is 0 Å². The molecule has 2 nitrogen and oxygen atoms in total. The van der Waals surface area contributed by atoms with E-state index in [9.17, 15) is 4.79 Å². The van der Waals surface area contributed by atoms with E-state index in [4.69, 9.17) is 0 Å². The number of rotatable bonds is 6. The second-order valence-electron chi connectivity index (χ2n) is 5.40. The molecule has 0 radical (unpaired) electrons. The summed E-state index contributed by atoms with van der Waals surface area (Å²) in [7, 11) is 0. The van der Waals surface area contributed by atoms with Crippen molar-refractivity contribution in [2.24, 2.45) is 0 Å². The predicted molar refractivity (Wildman–Crippen MR) is 89.2 cm³/mol. The molecular weight excluding hydrogens is 258 g/mol. The van der Waals surface area contributed by atoms with E-state index in [0.29, 0.717) is 6.42 Å². The predicted octanol–water partition coefficient (Wildman–Crippen LogP) is 4.40. The zero-order valence-electron chi connectivity index (χ0n) is 13.1. The van der Waals surface area contributed by atoms with E-state index in [-0.39, 0.29) is 5.78 Å². The standard InChI is InChI=1S/C19H23NO/c1-4-20(17-11-9-15(2)10-12-17)14-13-19(21)18-8-6-5-7-16(18)3/h5-12H,4,13-14H2,1-3H3. The minimum atomic E-state index is 0.221. The smallest absolute Gasteiger partial charge is 0.164 e. The van der Waals surface area contributed by atoms with Gasteiger partial charge in [0.1, 0.15) is 0 Å². The van der Waals surface area contributed by atoms with Crippen LogP contribution in [0.1, 0.15) is 34.8 Å². The quantitative estimate of drug-likeness (QED) is 0.731. The van der Waals surface area contributed by atoms with E-state index < -0.39 is 0 Å². The first-order chi connectivity index (χ1) is 10.1. The number of ketones is 1. The van der Waals surface area contributed by atoms with Crippen molar-refractivity contribution in [3.63, 3.8) is 0 Å². The summed E-state index contributed by atoms with van der Waals surface area (Å²) in [6, 6.07) is 16.3. The molecule has 0 aliphatic heterocycles. The number of Topliss-reactive ketones (excluding diaryl/α,β-unsaturated/α-hetero) is 1. The molecule has 0 aromatic heterocycles. The third kappa shape index (κ3) is 3.94. The molecular formula is C19H23NO. The van der Waals surface area contributed by atoms with Gasteiger partial charge >= 0.3 is 0 Å². The third-order valence-corrected chi connectivity index (χ3v) is 3.84. The average Bonchev–Trinajstić information content (AvgIpc) is 2.49. The first-order valence-electron chi connectivity index (χ1n) is 7.52. The molecule has 0 spiro atoms. The van der Waals surface area contributed by atoms with Crippen LogP contribution in [0, 0.1) is 13.8 Å². The number of carbonyl (C=O) groups is 1. The SMILES string of the molecule is CCN(CCC(=O)c1ccccc1C)c1ccc(C)cc1. The Morgan fingerprint density at radius 1 is 1.00 bits per heavy atom. The van der Waals surface area contributed by atoms with E-state index in [1.165, 1.54) is 11.3 Å². The van der Waals surface area contributed by atoms with Gasteiger partial charge in [0.25, 0.3) is 0 Å². The summed E-state index contributed by atoms with van der Waals surface area (Å²) < 4.78 is 0. The molecule has 2 aromatic carbocycles. The fraction of sp³-hybridized carbons (Fsp3) is 0.316. The van der Waals surface area contributed by atoms with Crippen LogP contribution in [-0.4, -0.2) is 18.9 Å². The Hall–Kier alpha value is -2.09.